The predicted molar refractivity (Wildman–Crippen MR) is 72.9 cm³/mol. The van der Waals surface area contributed by atoms with Crippen LogP contribution in [0.15, 0.2) is 0 Å². The molecule has 1 unspecified atom stereocenters. The summed E-state index contributed by atoms with van der Waals surface area (Å²) in [5.41, 5.74) is 0.318. The Labute approximate surface area is 115 Å². The lowest BCUT2D eigenvalue weighted by Gasteiger charge is -2.37. The van der Waals surface area contributed by atoms with Crippen molar-refractivity contribution in [3.63, 3.8) is 0 Å². The third-order valence-electron chi connectivity index (χ3n) is 4.46. The normalized spacial score (nSPS) is 25.8. The van der Waals surface area contributed by atoms with Crippen LogP contribution < -0.4 is 0 Å². The summed E-state index contributed by atoms with van der Waals surface area (Å²) in [5.74, 6) is -1.64. The van der Waals surface area contributed by atoms with Gasteiger partial charge in [0.15, 0.2) is 0 Å². The van der Waals surface area contributed by atoms with Crippen LogP contribution in [-0.2, 0) is 9.59 Å². The molecule has 0 amide bonds. The lowest BCUT2D eigenvalue weighted by Crippen LogP contribution is -2.28. The Kier molecular flexibility index (Phi) is 5.39. The van der Waals surface area contributed by atoms with E-state index in [9.17, 15) is 9.59 Å². The van der Waals surface area contributed by atoms with E-state index in [2.05, 4.69) is 20.8 Å². The van der Waals surface area contributed by atoms with E-state index in [1.165, 1.54) is 0 Å². The average molecular weight is 270 g/mol. The van der Waals surface area contributed by atoms with Gasteiger partial charge in [0.05, 0.1) is 12.3 Å². The third-order valence-corrected chi connectivity index (χ3v) is 4.46. The molecule has 0 aliphatic heterocycles. The molecular weight excluding hydrogens is 244 g/mol. The lowest BCUT2D eigenvalue weighted by molar-refractivity contribution is -0.149. The van der Waals surface area contributed by atoms with Gasteiger partial charge in [0.1, 0.15) is 0 Å². The molecule has 4 heteroatoms. The maximum atomic E-state index is 11.1. The van der Waals surface area contributed by atoms with E-state index in [0.717, 1.165) is 25.7 Å². The van der Waals surface area contributed by atoms with Crippen molar-refractivity contribution in [1.82, 2.24) is 0 Å². The summed E-state index contributed by atoms with van der Waals surface area (Å²) < 4.78 is 0. The Morgan fingerprint density at radius 2 is 1.63 bits per heavy atom. The lowest BCUT2D eigenvalue weighted by atomic mass is 9.68. The number of carboxylic acid groups (broad SMARTS) is 2. The molecule has 1 atom stereocenters. The van der Waals surface area contributed by atoms with E-state index in [1.54, 1.807) is 0 Å². The number of rotatable bonds is 5. The molecule has 0 saturated heterocycles. The number of aliphatic carboxylic acids is 2. The Balaban J connectivity index is 2.47. The highest BCUT2D eigenvalue weighted by atomic mass is 16.4. The van der Waals surface area contributed by atoms with Gasteiger partial charge in [-0.2, -0.15) is 0 Å². The summed E-state index contributed by atoms with van der Waals surface area (Å²) in [5, 5.41) is 17.8. The molecular formula is C15H26O4. The van der Waals surface area contributed by atoms with Gasteiger partial charge in [-0.05, 0) is 36.5 Å². The highest BCUT2D eigenvalue weighted by Gasteiger charge is 2.32. The van der Waals surface area contributed by atoms with E-state index in [0.29, 0.717) is 23.7 Å². The van der Waals surface area contributed by atoms with Crippen LogP contribution in [0.2, 0.25) is 0 Å². The molecule has 0 spiro atoms. The van der Waals surface area contributed by atoms with Crippen LogP contribution in [0.4, 0.5) is 0 Å². The molecule has 0 aromatic heterocycles. The van der Waals surface area contributed by atoms with E-state index >= 15 is 0 Å². The van der Waals surface area contributed by atoms with Crippen molar-refractivity contribution in [2.45, 2.75) is 59.3 Å². The van der Waals surface area contributed by atoms with Gasteiger partial charge in [-0.25, -0.2) is 0 Å². The Morgan fingerprint density at radius 1 is 1.11 bits per heavy atom. The first-order valence-corrected chi connectivity index (χ1v) is 7.14. The number of carboxylic acids is 2. The largest absolute Gasteiger partial charge is 0.481 e. The van der Waals surface area contributed by atoms with Gasteiger partial charge >= 0.3 is 11.9 Å². The topological polar surface area (TPSA) is 74.6 Å². The van der Waals surface area contributed by atoms with Crippen molar-refractivity contribution in [3.05, 3.63) is 0 Å². The zero-order valence-electron chi connectivity index (χ0n) is 12.2. The summed E-state index contributed by atoms with van der Waals surface area (Å²) in [4.78, 5) is 21.7. The minimum Gasteiger partial charge on any atom is -0.481 e. The maximum Gasteiger partial charge on any atom is 0.307 e. The summed E-state index contributed by atoms with van der Waals surface area (Å²) in [6.07, 6.45) is 4.59. The molecule has 0 heterocycles. The quantitative estimate of drug-likeness (QED) is 0.802. The number of hydrogen-bond donors (Lipinski definition) is 2. The smallest absolute Gasteiger partial charge is 0.307 e. The molecule has 0 radical (unpaired) electrons. The van der Waals surface area contributed by atoms with Crippen LogP contribution in [0.5, 0.6) is 0 Å². The number of hydrogen-bond acceptors (Lipinski definition) is 2. The van der Waals surface area contributed by atoms with Crippen LogP contribution in [-0.4, -0.2) is 22.2 Å². The standard InChI is InChI=1S/C15H26O4/c1-15(2,3)12-6-4-10(5-7-12)8-11(14(18)19)9-13(16)17/h10-12H,4-9H2,1-3H3,(H,16,17)(H,18,19). The fraction of sp³-hybridized carbons (Fsp3) is 0.867. The van der Waals surface area contributed by atoms with Crippen molar-refractivity contribution in [1.29, 1.82) is 0 Å². The summed E-state index contributed by atoms with van der Waals surface area (Å²) in [6.45, 7) is 6.76. The van der Waals surface area contributed by atoms with Crippen LogP contribution in [0.1, 0.15) is 59.3 Å². The minimum atomic E-state index is -1.02. The van der Waals surface area contributed by atoms with E-state index < -0.39 is 17.9 Å². The Morgan fingerprint density at radius 3 is 2.00 bits per heavy atom. The molecule has 0 bridgehead atoms. The van der Waals surface area contributed by atoms with E-state index in [4.69, 9.17) is 10.2 Å². The first kappa shape index (κ1) is 16.0. The summed E-state index contributed by atoms with van der Waals surface area (Å²) in [6, 6.07) is 0. The van der Waals surface area contributed by atoms with Crippen LogP contribution in [0.3, 0.4) is 0 Å². The van der Waals surface area contributed by atoms with Crippen molar-refractivity contribution in [2.24, 2.45) is 23.2 Å². The Bertz CT molecular complexity index is 322. The first-order valence-electron chi connectivity index (χ1n) is 7.14. The molecule has 0 aromatic carbocycles. The SMILES string of the molecule is CC(C)(C)C1CCC(CC(CC(=O)O)C(=O)O)CC1. The van der Waals surface area contributed by atoms with Gasteiger partial charge in [-0.15, -0.1) is 0 Å². The van der Waals surface area contributed by atoms with Crippen molar-refractivity contribution < 1.29 is 19.8 Å². The fourth-order valence-corrected chi connectivity index (χ4v) is 3.15. The average Bonchev–Trinajstić information content (AvgIpc) is 2.27. The minimum absolute atomic E-state index is 0.255. The van der Waals surface area contributed by atoms with E-state index in [1.807, 2.05) is 0 Å². The summed E-state index contributed by atoms with van der Waals surface area (Å²) >= 11 is 0. The monoisotopic (exact) mass is 270 g/mol. The molecule has 1 fully saturated rings. The van der Waals surface area contributed by atoms with Gasteiger partial charge < -0.3 is 10.2 Å². The predicted octanol–water partition coefficient (Wildman–Crippen LogP) is 3.40. The van der Waals surface area contributed by atoms with Crippen molar-refractivity contribution in [2.75, 3.05) is 0 Å². The van der Waals surface area contributed by atoms with Gasteiger partial charge in [0.25, 0.3) is 0 Å². The molecule has 19 heavy (non-hydrogen) atoms. The highest BCUT2D eigenvalue weighted by molar-refractivity contribution is 5.77. The second kappa shape index (κ2) is 6.40. The van der Waals surface area contributed by atoms with Gasteiger partial charge in [0.2, 0.25) is 0 Å². The second-order valence-electron chi connectivity index (χ2n) is 6.95. The Hall–Kier alpha value is -1.06. The van der Waals surface area contributed by atoms with Crippen LogP contribution in [0, 0.1) is 23.2 Å². The molecule has 110 valence electrons. The third kappa shape index (κ3) is 5.21. The number of carbonyl (C=O) groups is 2. The van der Waals surface area contributed by atoms with Gasteiger partial charge in [-0.3, -0.25) is 9.59 Å². The zero-order valence-corrected chi connectivity index (χ0v) is 12.2. The fourth-order valence-electron chi connectivity index (χ4n) is 3.15. The van der Waals surface area contributed by atoms with Crippen molar-refractivity contribution >= 4 is 11.9 Å². The molecule has 0 aromatic rings. The van der Waals surface area contributed by atoms with Gasteiger partial charge in [0, 0.05) is 0 Å². The van der Waals surface area contributed by atoms with Gasteiger partial charge in [-0.1, -0.05) is 33.6 Å². The van der Waals surface area contributed by atoms with E-state index in [-0.39, 0.29) is 6.42 Å². The molecule has 1 aliphatic carbocycles. The van der Waals surface area contributed by atoms with Crippen LogP contribution in [0.25, 0.3) is 0 Å². The van der Waals surface area contributed by atoms with Crippen LogP contribution >= 0.6 is 0 Å². The molecule has 2 N–H and O–H groups in total. The molecule has 1 rings (SSSR count). The molecule has 1 saturated carbocycles. The maximum absolute atomic E-state index is 11.1. The highest BCUT2D eigenvalue weighted by Crippen LogP contribution is 2.41. The summed E-state index contributed by atoms with van der Waals surface area (Å²) in [7, 11) is 0. The zero-order chi connectivity index (χ0) is 14.6. The second-order valence-corrected chi connectivity index (χ2v) is 6.95. The molecule has 1 aliphatic rings. The molecule has 4 nitrogen and oxygen atoms in total. The first-order chi connectivity index (χ1) is 8.70. The van der Waals surface area contributed by atoms with Crippen molar-refractivity contribution in [3.8, 4) is 0 Å².